The van der Waals surface area contributed by atoms with E-state index in [0.29, 0.717) is 6.42 Å². The van der Waals surface area contributed by atoms with Crippen molar-refractivity contribution >= 4 is 11.6 Å². The van der Waals surface area contributed by atoms with E-state index in [1.54, 1.807) is 0 Å². The van der Waals surface area contributed by atoms with Gasteiger partial charge < -0.3 is 15.7 Å². The number of hydrogen-bond donors (Lipinski definition) is 3. The molecule has 0 heterocycles. The van der Waals surface area contributed by atoms with Gasteiger partial charge in [0.15, 0.2) is 0 Å². The average Bonchev–Trinajstić information content (AvgIpc) is 2.39. The van der Waals surface area contributed by atoms with E-state index in [4.69, 9.17) is 0 Å². The summed E-state index contributed by atoms with van der Waals surface area (Å²) in [6.45, 7) is 10.3. The molecule has 0 saturated carbocycles. The summed E-state index contributed by atoms with van der Waals surface area (Å²) in [6, 6.07) is 7.50. The van der Waals surface area contributed by atoms with Crippen LogP contribution in [0.25, 0.3) is 0 Å². The van der Waals surface area contributed by atoms with Crippen LogP contribution in [0.15, 0.2) is 24.3 Å². The average molecular weight is 292 g/mol. The van der Waals surface area contributed by atoms with E-state index in [2.05, 4.69) is 31.4 Å². The third kappa shape index (κ3) is 5.86. The Morgan fingerprint density at radius 3 is 2.29 bits per heavy atom. The second-order valence-electron chi connectivity index (χ2n) is 6.67. The lowest BCUT2D eigenvalue weighted by atomic mass is 9.84. The van der Waals surface area contributed by atoms with Gasteiger partial charge in [-0.2, -0.15) is 0 Å². The number of anilines is 1. The number of nitrogens with one attached hydrogen (secondary N) is 2. The quantitative estimate of drug-likeness (QED) is 0.755. The lowest BCUT2D eigenvalue weighted by Crippen LogP contribution is -2.49. The van der Waals surface area contributed by atoms with Crippen molar-refractivity contribution in [3.8, 4) is 0 Å². The standard InChI is InChI=1S/C17H28N2O2/c1-12-6-8-14(9-7-12)19-16(21)13(2)18-15(10-11-20)17(3,4)5/h6-9,13,15,18,20H,10-11H2,1-5H3,(H,19,21). The lowest BCUT2D eigenvalue weighted by Gasteiger charge is -2.33. The number of rotatable bonds is 6. The van der Waals surface area contributed by atoms with Gasteiger partial charge in [0.1, 0.15) is 0 Å². The zero-order valence-corrected chi connectivity index (χ0v) is 13.7. The molecule has 0 saturated heterocycles. The fraction of sp³-hybridized carbons (Fsp3) is 0.588. The van der Waals surface area contributed by atoms with Crippen molar-refractivity contribution < 1.29 is 9.90 Å². The molecule has 3 N–H and O–H groups in total. The van der Waals surface area contributed by atoms with Crippen LogP contribution >= 0.6 is 0 Å². The fourth-order valence-corrected chi connectivity index (χ4v) is 2.16. The molecule has 2 unspecified atom stereocenters. The fourth-order valence-electron chi connectivity index (χ4n) is 2.16. The molecule has 4 heteroatoms. The van der Waals surface area contributed by atoms with E-state index < -0.39 is 0 Å². The summed E-state index contributed by atoms with van der Waals surface area (Å²) in [7, 11) is 0. The molecule has 4 nitrogen and oxygen atoms in total. The van der Waals surface area contributed by atoms with Crippen LogP contribution in [0.1, 0.15) is 39.7 Å². The highest BCUT2D eigenvalue weighted by Crippen LogP contribution is 2.22. The third-order valence-electron chi connectivity index (χ3n) is 3.63. The van der Waals surface area contributed by atoms with E-state index in [1.165, 1.54) is 0 Å². The zero-order valence-electron chi connectivity index (χ0n) is 13.7. The van der Waals surface area contributed by atoms with Gasteiger partial charge in [-0.1, -0.05) is 38.5 Å². The minimum atomic E-state index is -0.318. The Balaban J connectivity index is 2.62. The highest BCUT2D eigenvalue weighted by molar-refractivity contribution is 5.94. The topological polar surface area (TPSA) is 61.4 Å². The molecule has 1 aromatic rings. The van der Waals surface area contributed by atoms with Crippen molar-refractivity contribution in [2.24, 2.45) is 5.41 Å². The number of carbonyl (C=O) groups excluding carboxylic acids is 1. The minimum absolute atomic E-state index is 0.0128. The number of carbonyl (C=O) groups is 1. The summed E-state index contributed by atoms with van der Waals surface area (Å²) < 4.78 is 0. The molecule has 0 spiro atoms. The van der Waals surface area contributed by atoms with Gasteiger partial charge in [0.2, 0.25) is 5.91 Å². The molecule has 0 aliphatic carbocycles. The lowest BCUT2D eigenvalue weighted by molar-refractivity contribution is -0.118. The van der Waals surface area contributed by atoms with E-state index in [9.17, 15) is 9.90 Å². The van der Waals surface area contributed by atoms with Crippen LogP contribution in [-0.2, 0) is 4.79 Å². The Bertz CT molecular complexity index is 449. The Labute approximate surface area is 128 Å². The van der Waals surface area contributed by atoms with Gasteiger partial charge in [-0.05, 0) is 37.8 Å². The molecule has 1 aromatic carbocycles. The molecule has 0 radical (unpaired) electrons. The van der Waals surface area contributed by atoms with Crippen LogP contribution in [0.4, 0.5) is 5.69 Å². The molecule has 2 atom stereocenters. The number of hydrogen-bond acceptors (Lipinski definition) is 3. The monoisotopic (exact) mass is 292 g/mol. The maximum Gasteiger partial charge on any atom is 0.241 e. The smallest absolute Gasteiger partial charge is 0.241 e. The first-order valence-electron chi connectivity index (χ1n) is 7.48. The number of benzene rings is 1. The van der Waals surface area contributed by atoms with Crippen molar-refractivity contribution in [2.45, 2.75) is 53.1 Å². The molecule has 1 amide bonds. The highest BCUT2D eigenvalue weighted by Gasteiger charge is 2.27. The summed E-state index contributed by atoms with van der Waals surface area (Å²) in [6.07, 6.45) is 0.631. The van der Waals surface area contributed by atoms with E-state index >= 15 is 0 Å². The molecule has 0 aromatic heterocycles. The molecular weight excluding hydrogens is 264 g/mol. The largest absolute Gasteiger partial charge is 0.396 e. The van der Waals surface area contributed by atoms with Gasteiger partial charge in [0.25, 0.3) is 0 Å². The predicted molar refractivity (Wildman–Crippen MR) is 87.4 cm³/mol. The SMILES string of the molecule is Cc1ccc(NC(=O)C(C)NC(CCO)C(C)(C)C)cc1. The molecule has 118 valence electrons. The number of aliphatic hydroxyl groups is 1. The summed E-state index contributed by atoms with van der Waals surface area (Å²) >= 11 is 0. The summed E-state index contributed by atoms with van der Waals surface area (Å²) in [5, 5.41) is 15.4. The maximum absolute atomic E-state index is 12.2. The van der Waals surface area contributed by atoms with Crippen LogP contribution in [0.3, 0.4) is 0 Å². The highest BCUT2D eigenvalue weighted by atomic mass is 16.3. The van der Waals surface area contributed by atoms with Crippen molar-refractivity contribution in [2.75, 3.05) is 11.9 Å². The van der Waals surface area contributed by atoms with Gasteiger partial charge >= 0.3 is 0 Å². The van der Waals surface area contributed by atoms with Crippen molar-refractivity contribution in [1.29, 1.82) is 0 Å². The second kappa shape index (κ2) is 7.57. The summed E-state index contributed by atoms with van der Waals surface area (Å²) in [5.74, 6) is -0.0638. The Morgan fingerprint density at radius 2 is 1.81 bits per heavy atom. The zero-order chi connectivity index (χ0) is 16.0. The molecular formula is C17H28N2O2. The number of aryl methyl sites for hydroxylation is 1. The van der Waals surface area contributed by atoms with Gasteiger partial charge in [0.05, 0.1) is 6.04 Å². The van der Waals surface area contributed by atoms with Crippen LogP contribution in [0.2, 0.25) is 0 Å². The molecule has 0 aliphatic heterocycles. The number of aliphatic hydroxyl groups excluding tert-OH is 1. The molecule has 0 fully saturated rings. The van der Waals surface area contributed by atoms with Crippen molar-refractivity contribution in [1.82, 2.24) is 5.32 Å². The third-order valence-corrected chi connectivity index (χ3v) is 3.63. The first-order valence-corrected chi connectivity index (χ1v) is 7.48. The molecule has 0 bridgehead atoms. The van der Waals surface area contributed by atoms with Crippen LogP contribution < -0.4 is 10.6 Å². The Morgan fingerprint density at radius 1 is 1.24 bits per heavy atom. The van der Waals surface area contributed by atoms with Crippen LogP contribution in [-0.4, -0.2) is 29.7 Å². The van der Waals surface area contributed by atoms with Crippen LogP contribution in [0, 0.1) is 12.3 Å². The van der Waals surface area contributed by atoms with Crippen LogP contribution in [0.5, 0.6) is 0 Å². The summed E-state index contributed by atoms with van der Waals surface area (Å²) in [5.41, 5.74) is 1.95. The van der Waals surface area contributed by atoms with Gasteiger partial charge in [-0.15, -0.1) is 0 Å². The predicted octanol–water partition coefficient (Wildman–Crippen LogP) is 2.71. The minimum Gasteiger partial charge on any atom is -0.396 e. The molecule has 1 rings (SSSR count). The van der Waals surface area contributed by atoms with E-state index in [-0.39, 0.29) is 30.0 Å². The Kier molecular flexibility index (Phi) is 6.37. The maximum atomic E-state index is 12.2. The first kappa shape index (κ1) is 17.7. The van der Waals surface area contributed by atoms with E-state index in [1.807, 2.05) is 38.1 Å². The van der Waals surface area contributed by atoms with Crippen molar-refractivity contribution in [3.05, 3.63) is 29.8 Å². The van der Waals surface area contributed by atoms with Gasteiger partial charge in [0, 0.05) is 18.3 Å². The first-order chi connectivity index (χ1) is 9.74. The summed E-state index contributed by atoms with van der Waals surface area (Å²) in [4.78, 5) is 12.2. The van der Waals surface area contributed by atoms with E-state index in [0.717, 1.165) is 11.3 Å². The molecule has 21 heavy (non-hydrogen) atoms. The normalized spacial score (nSPS) is 14.6. The Hall–Kier alpha value is -1.39. The van der Waals surface area contributed by atoms with Crippen molar-refractivity contribution in [3.63, 3.8) is 0 Å². The van der Waals surface area contributed by atoms with Gasteiger partial charge in [-0.25, -0.2) is 0 Å². The second-order valence-corrected chi connectivity index (χ2v) is 6.67. The van der Waals surface area contributed by atoms with Gasteiger partial charge in [-0.3, -0.25) is 4.79 Å². The molecule has 0 aliphatic rings. The number of amides is 1.